The molecule has 20 heavy (non-hydrogen) atoms. The molecule has 0 radical (unpaired) electrons. The fourth-order valence-electron chi connectivity index (χ4n) is 1.45. The molecule has 0 aliphatic carbocycles. The minimum atomic E-state index is -1.18. The van der Waals surface area contributed by atoms with Gasteiger partial charge in [0.15, 0.2) is 0 Å². The molecule has 0 aliphatic rings. The van der Waals surface area contributed by atoms with E-state index < -0.39 is 11.9 Å². The highest BCUT2D eigenvalue weighted by Gasteiger charge is 2.12. The lowest BCUT2D eigenvalue weighted by Gasteiger charge is -2.10. The van der Waals surface area contributed by atoms with E-state index in [1.54, 1.807) is 12.1 Å². The number of benzene rings is 1. The lowest BCUT2D eigenvalue weighted by atomic mass is 10.2. The number of hydrogen-bond donors (Lipinski definition) is 2. The Morgan fingerprint density at radius 3 is 2.30 bits per heavy atom. The number of rotatable bonds is 5. The van der Waals surface area contributed by atoms with Crippen molar-refractivity contribution in [1.82, 2.24) is 5.32 Å². The largest absolute Gasteiger partial charge is 0.492 e. The predicted octanol–water partition coefficient (Wildman–Crippen LogP) is 2.86. The van der Waals surface area contributed by atoms with Gasteiger partial charge in [-0.05, 0) is 75.9 Å². The van der Waals surface area contributed by atoms with E-state index in [1.807, 2.05) is 6.92 Å². The Bertz CT molecular complexity index is 546. The molecule has 0 saturated heterocycles. The number of carboxylic acids is 1. The van der Waals surface area contributed by atoms with E-state index in [0.29, 0.717) is 12.2 Å². The number of carbonyl (C=O) groups excluding carboxylic acids is 1. The summed E-state index contributed by atoms with van der Waals surface area (Å²) in [7, 11) is 0. The molecular weight excluding hydrogens is 488 g/mol. The smallest absolute Gasteiger partial charge is 0.352 e. The maximum atomic E-state index is 11.1. The second-order valence-corrected chi connectivity index (χ2v) is 6.12. The average Bonchev–Trinajstić information content (AvgIpc) is 2.32. The van der Waals surface area contributed by atoms with Gasteiger partial charge in [-0.15, -0.1) is 0 Å². The maximum absolute atomic E-state index is 11.1. The summed E-state index contributed by atoms with van der Waals surface area (Å²) in [6.45, 7) is 3.73. The zero-order valence-electron chi connectivity index (χ0n) is 10.9. The van der Waals surface area contributed by atoms with Gasteiger partial charge in [-0.1, -0.05) is 0 Å². The van der Waals surface area contributed by atoms with Crippen LogP contribution >= 0.6 is 45.2 Å². The van der Waals surface area contributed by atoms with Gasteiger partial charge in [-0.3, -0.25) is 4.79 Å². The van der Waals surface area contributed by atoms with E-state index in [0.717, 1.165) is 12.9 Å². The summed E-state index contributed by atoms with van der Waals surface area (Å²) in [6.07, 6.45) is 1.42. The zero-order chi connectivity index (χ0) is 15.3. The third-order valence-corrected chi connectivity index (χ3v) is 3.76. The van der Waals surface area contributed by atoms with E-state index >= 15 is 0 Å². The van der Waals surface area contributed by atoms with Gasteiger partial charge in [0.2, 0.25) is 5.91 Å². The van der Waals surface area contributed by atoms with Crippen LogP contribution < -0.4 is 10.1 Å². The molecule has 2 N–H and O–H groups in total. The molecule has 0 bridgehead atoms. The van der Waals surface area contributed by atoms with Crippen molar-refractivity contribution in [1.29, 1.82) is 0 Å². The number of aliphatic carboxylic acids is 1. The molecule has 0 aromatic heterocycles. The van der Waals surface area contributed by atoms with Gasteiger partial charge in [-0.2, -0.15) is 0 Å². The monoisotopic (exact) mass is 501 g/mol. The SMILES string of the molecule is CCOc1c(I)cc(/C=C(/NC(C)=O)C(=O)O)cc1I. The third kappa shape index (κ3) is 4.93. The molecule has 0 aliphatic heterocycles. The Kier molecular flexibility index (Phi) is 6.72. The molecule has 1 amide bonds. The molecule has 0 heterocycles. The Hall–Kier alpha value is -0.840. The number of ether oxygens (including phenoxy) is 1. The first-order valence-electron chi connectivity index (χ1n) is 5.69. The first kappa shape index (κ1) is 17.2. The predicted molar refractivity (Wildman–Crippen MR) is 92.5 cm³/mol. The van der Waals surface area contributed by atoms with Crippen LogP contribution in [-0.2, 0) is 9.59 Å². The van der Waals surface area contributed by atoms with Gasteiger partial charge < -0.3 is 15.2 Å². The first-order chi connectivity index (χ1) is 9.35. The quantitative estimate of drug-likeness (QED) is 0.481. The molecule has 0 spiro atoms. The lowest BCUT2D eigenvalue weighted by Crippen LogP contribution is -2.24. The summed E-state index contributed by atoms with van der Waals surface area (Å²) in [5.74, 6) is -0.824. The first-order valence-corrected chi connectivity index (χ1v) is 7.85. The summed E-state index contributed by atoms with van der Waals surface area (Å²) < 4.78 is 7.29. The minimum absolute atomic E-state index is 0.159. The number of nitrogens with one attached hydrogen (secondary N) is 1. The van der Waals surface area contributed by atoms with Crippen LogP contribution in [-0.4, -0.2) is 23.6 Å². The summed E-state index contributed by atoms with van der Waals surface area (Å²) in [5, 5.41) is 11.3. The summed E-state index contributed by atoms with van der Waals surface area (Å²) in [6, 6.07) is 3.61. The minimum Gasteiger partial charge on any atom is -0.492 e. The molecule has 0 fully saturated rings. The van der Waals surface area contributed by atoms with Crippen LogP contribution in [0.3, 0.4) is 0 Å². The molecule has 7 heteroatoms. The van der Waals surface area contributed by atoms with Gasteiger partial charge in [0, 0.05) is 6.92 Å². The Morgan fingerprint density at radius 2 is 1.90 bits per heavy atom. The lowest BCUT2D eigenvalue weighted by molar-refractivity contribution is -0.134. The standard InChI is InChI=1S/C13H13I2NO4/c1-3-20-12-9(14)4-8(5-10(12)15)6-11(13(18)19)16-7(2)17/h4-6H,3H2,1-2H3,(H,16,17)(H,18,19)/b11-6+. The Labute approximate surface area is 144 Å². The molecule has 0 saturated carbocycles. The van der Waals surface area contributed by atoms with Crippen LogP contribution in [0.25, 0.3) is 6.08 Å². The van der Waals surface area contributed by atoms with Crippen molar-refractivity contribution >= 4 is 63.1 Å². The Balaban J connectivity index is 3.19. The summed E-state index contributed by atoms with van der Waals surface area (Å²) in [4.78, 5) is 22.1. The number of halogens is 2. The molecular formula is C13H13I2NO4. The fourth-order valence-corrected chi connectivity index (χ4v) is 3.58. The van der Waals surface area contributed by atoms with Crippen LogP contribution in [0.2, 0.25) is 0 Å². The van der Waals surface area contributed by atoms with E-state index in [4.69, 9.17) is 9.84 Å². The van der Waals surface area contributed by atoms with E-state index in [1.165, 1.54) is 13.0 Å². The van der Waals surface area contributed by atoms with Crippen LogP contribution in [0.4, 0.5) is 0 Å². The van der Waals surface area contributed by atoms with Crippen molar-refractivity contribution in [3.05, 3.63) is 30.5 Å². The number of carbonyl (C=O) groups is 2. The molecule has 1 aromatic carbocycles. The third-order valence-electron chi connectivity index (χ3n) is 2.16. The molecule has 0 unspecified atom stereocenters. The number of carboxylic acid groups (broad SMARTS) is 1. The normalized spacial score (nSPS) is 11.1. The van der Waals surface area contributed by atoms with E-state index in [2.05, 4.69) is 50.5 Å². The second kappa shape index (κ2) is 7.81. The fraction of sp³-hybridized carbons (Fsp3) is 0.231. The van der Waals surface area contributed by atoms with Crippen molar-refractivity contribution in [3.63, 3.8) is 0 Å². The van der Waals surface area contributed by atoms with Crippen LogP contribution in [0, 0.1) is 7.14 Å². The maximum Gasteiger partial charge on any atom is 0.352 e. The second-order valence-electron chi connectivity index (χ2n) is 3.79. The number of amides is 1. The van der Waals surface area contributed by atoms with Crippen molar-refractivity contribution in [2.24, 2.45) is 0 Å². The highest BCUT2D eigenvalue weighted by atomic mass is 127. The average molecular weight is 501 g/mol. The topological polar surface area (TPSA) is 75.6 Å². The van der Waals surface area contributed by atoms with Crippen molar-refractivity contribution in [3.8, 4) is 5.75 Å². The van der Waals surface area contributed by atoms with Gasteiger partial charge in [0.25, 0.3) is 0 Å². The molecule has 1 rings (SSSR count). The van der Waals surface area contributed by atoms with E-state index in [9.17, 15) is 9.59 Å². The van der Waals surface area contributed by atoms with Gasteiger partial charge >= 0.3 is 5.97 Å². The Morgan fingerprint density at radius 1 is 1.35 bits per heavy atom. The van der Waals surface area contributed by atoms with Gasteiger partial charge in [0.05, 0.1) is 13.7 Å². The van der Waals surface area contributed by atoms with Gasteiger partial charge in [0.1, 0.15) is 11.4 Å². The summed E-state index contributed by atoms with van der Waals surface area (Å²) >= 11 is 4.26. The highest BCUT2D eigenvalue weighted by Crippen LogP contribution is 2.29. The molecule has 1 aromatic rings. The van der Waals surface area contributed by atoms with Gasteiger partial charge in [-0.25, -0.2) is 4.79 Å². The van der Waals surface area contributed by atoms with Crippen LogP contribution in [0.15, 0.2) is 17.8 Å². The number of hydrogen-bond acceptors (Lipinski definition) is 3. The van der Waals surface area contributed by atoms with Crippen molar-refractivity contribution in [2.75, 3.05) is 6.61 Å². The molecule has 0 atom stereocenters. The van der Waals surface area contributed by atoms with Crippen LogP contribution in [0.5, 0.6) is 5.75 Å². The molecule has 108 valence electrons. The van der Waals surface area contributed by atoms with Crippen molar-refractivity contribution in [2.45, 2.75) is 13.8 Å². The van der Waals surface area contributed by atoms with Crippen molar-refractivity contribution < 1.29 is 19.4 Å². The van der Waals surface area contributed by atoms with Crippen LogP contribution in [0.1, 0.15) is 19.4 Å². The zero-order valence-corrected chi connectivity index (χ0v) is 15.2. The summed E-state index contributed by atoms with van der Waals surface area (Å²) in [5.41, 5.74) is 0.529. The highest BCUT2D eigenvalue weighted by molar-refractivity contribution is 14.1. The van der Waals surface area contributed by atoms with E-state index in [-0.39, 0.29) is 5.70 Å². The molecule has 5 nitrogen and oxygen atoms in total.